The van der Waals surface area contributed by atoms with E-state index in [1.165, 1.54) is 11.8 Å². The summed E-state index contributed by atoms with van der Waals surface area (Å²) in [6.45, 7) is 6.86. The summed E-state index contributed by atoms with van der Waals surface area (Å²) in [4.78, 5) is 28.5. The molecule has 1 aliphatic heterocycles. The van der Waals surface area contributed by atoms with Crippen molar-refractivity contribution < 1.29 is 14.3 Å². The van der Waals surface area contributed by atoms with Gasteiger partial charge in [0, 0.05) is 19.1 Å². The average Bonchev–Trinajstić information content (AvgIpc) is 3.21. The monoisotopic (exact) mass is 487 g/mol. The van der Waals surface area contributed by atoms with Crippen LogP contribution < -0.4 is 10.1 Å². The summed E-state index contributed by atoms with van der Waals surface area (Å²) < 4.78 is 12.3. The maximum atomic E-state index is 12.6. The lowest BCUT2D eigenvalue weighted by Gasteiger charge is -2.34. The predicted octanol–water partition coefficient (Wildman–Crippen LogP) is 5.30. The number of nitrogens with zero attached hydrogens (tertiary/aromatic N) is 4. The van der Waals surface area contributed by atoms with Crippen LogP contribution in [0.4, 0.5) is 10.6 Å². The molecule has 1 fully saturated rings. The van der Waals surface area contributed by atoms with Gasteiger partial charge in [0.05, 0.1) is 17.3 Å². The number of carbonyl (C=O) groups excluding carboxylic acids is 1. The second-order valence-corrected chi connectivity index (χ2v) is 10.6. The zero-order valence-corrected chi connectivity index (χ0v) is 21.2. The Labute approximate surface area is 202 Å². The second kappa shape index (κ2) is 9.72. The number of thiazole rings is 1. The number of anilines is 1. The molecule has 3 aromatic rings. The van der Waals surface area contributed by atoms with E-state index in [-0.39, 0.29) is 12.1 Å². The highest BCUT2D eigenvalue weighted by Crippen LogP contribution is 2.40. The first-order valence-electron chi connectivity index (χ1n) is 10.9. The minimum Gasteiger partial charge on any atom is -0.480 e. The number of likely N-dealkylation sites (tertiary alicyclic amines) is 1. The van der Waals surface area contributed by atoms with Gasteiger partial charge in [0.1, 0.15) is 22.0 Å². The Bertz CT molecular complexity index is 1110. The molecular formula is C23H29N5O3S2. The summed E-state index contributed by atoms with van der Waals surface area (Å²) in [7, 11) is 1.61. The molecular weight excluding hydrogens is 458 g/mol. The molecule has 1 amide bonds. The molecule has 1 saturated heterocycles. The fourth-order valence-electron chi connectivity index (χ4n) is 3.72. The van der Waals surface area contributed by atoms with Crippen molar-refractivity contribution in [1.29, 1.82) is 0 Å². The molecule has 10 heteroatoms. The van der Waals surface area contributed by atoms with Gasteiger partial charge in [-0.25, -0.2) is 14.8 Å². The summed E-state index contributed by atoms with van der Waals surface area (Å²) in [5, 5.41) is 4.97. The second-order valence-electron chi connectivity index (χ2n) is 8.84. The van der Waals surface area contributed by atoms with Gasteiger partial charge in [-0.3, -0.25) is 0 Å². The Morgan fingerprint density at radius 3 is 2.73 bits per heavy atom. The highest BCUT2D eigenvalue weighted by Gasteiger charge is 2.29. The molecule has 1 atom stereocenters. The number of ether oxygens (including phenoxy) is 2. The largest absolute Gasteiger partial charge is 0.480 e. The van der Waals surface area contributed by atoms with Gasteiger partial charge in [-0.15, -0.1) is 11.3 Å². The maximum absolute atomic E-state index is 12.6. The number of nitrogens with one attached hydrogen (secondary N) is 1. The molecule has 0 radical (unpaired) electrons. The number of benzene rings is 1. The van der Waals surface area contributed by atoms with Crippen molar-refractivity contribution in [3.05, 3.63) is 24.3 Å². The fourth-order valence-corrected chi connectivity index (χ4v) is 5.08. The summed E-state index contributed by atoms with van der Waals surface area (Å²) in [5.41, 5.74) is 1.14. The van der Waals surface area contributed by atoms with Crippen LogP contribution in [-0.2, 0) is 4.74 Å². The first-order valence-corrected chi connectivity index (χ1v) is 12.9. The molecule has 1 aromatic carbocycles. The molecule has 0 saturated carbocycles. The number of rotatable bonds is 5. The number of thioether (sulfide) groups is 1. The minimum absolute atomic E-state index is 0.0220. The van der Waals surface area contributed by atoms with Crippen molar-refractivity contribution >= 4 is 45.2 Å². The molecule has 1 aliphatic rings. The summed E-state index contributed by atoms with van der Waals surface area (Å²) in [6, 6.07) is 8.04. The van der Waals surface area contributed by atoms with Crippen LogP contribution in [-0.4, -0.2) is 64.0 Å². The third-order valence-electron chi connectivity index (χ3n) is 5.15. The van der Waals surface area contributed by atoms with E-state index in [4.69, 9.17) is 19.4 Å². The zero-order chi connectivity index (χ0) is 23.6. The number of piperidine rings is 1. The number of methoxy groups -OCH3 is 1. The number of fused-ring (bicyclic) bond motifs is 1. The van der Waals surface area contributed by atoms with E-state index in [1.807, 2.05) is 51.3 Å². The lowest BCUT2D eigenvalue weighted by Crippen LogP contribution is -2.47. The summed E-state index contributed by atoms with van der Waals surface area (Å²) in [6.07, 6.45) is 3.44. The molecule has 0 unspecified atom stereocenters. The van der Waals surface area contributed by atoms with Crippen molar-refractivity contribution in [3.8, 4) is 16.5 Å². The van der Waals surface area contributed by atoms with Crippen molar-refractivity contribution in [2.24, 2.45) is 0 Å². The number of para-hydroxylation sites is 1. The highest BCUT2D eigenvalue weighted by molar-refractivity contribution is 7.98. The van der Waals surface area contributed by atoms with E-state index in [0.717, 1.165) is 33.6 Å². The Balaban J connectivity index is 1.66. The van der Waals surface area contributed by atoms with E-state index < -0.39 is 5.60 Å². The van der Waals surface area contributed by atoms with E-state index in [0.29, 0.717) is 29.9 Å². The van der Waals surface area contributed by atoms with E-state index in [9.17, 15) is 4.79 Å². The Kier molecular flexibility index (Phi) is 6.94. The molecule has 4 rings (SSSR count). The van der Waals surface area contributed by atoms with Crippen molar-refractivity contribution in [2.45, 2.75) is 50.4 Å². The van der Waals surface area contributed by atoms with Crippen LogP contribution in [0.25, 0.3) is 20.8 Å². The SMILES string of the molecule is COc1nc(SC)nc(N[C@@H]2CCCN(C(=O)OC(C)(C)C)C2)c1-c1nc2ccccc2s1. The van der Waals surface area contributed by atoms with Crippen molar-refractivity contribution in [1.82, 2.24) is 19.9 Å². The standard InChI is InChI=1S/C23H29N5O3S2/c1-23(2,3)31-22(29)28-12-8-9-14(13-28)24-18-17(19(30-4)27-21(26-18)32-5)20-25-15-10-6-7-11-16(15)33-20/h6-7,10-11,14H,8-9,12-13H2,1-5H3,(H,24,26,27)/t14-/m1/s1. The van der Waals surface area contributed by atoms with Gasteiger partial charge < -0.3 is 19.7 Å². The molecule has 33 heavy (non-hydrogen) atoms. The van der Waals surface area contributed by atoms with Crippen molar-refractivity contribution in [3.63, 3.8) is 0 Å². The molecule has 3 heterocycles. The average molecular weight is 488 g/mol. The Hall–Kier alpha value is -2.59. The lowest BCUT2D eigenvalue weighted by atomic mass is 10.1. The van der Waals surface area contributed by atoms with Crippen molar-refractivity contribution in [2.75, 3.05) is 31.8 Å². The van der Waals surface area contributed by atoms with E-state index in [1.54, 1.807) is 23.3 Å². The maximum Gasteiger partial charge on any atom is 0.410 e. The van der Waals surface area contributed by atoms with Crippen LogP contribution in [0, 0.1) is 0 Å². The van der Waals surface area contributed by atoms with Gasteiger partial charge in [-0.05, 0) is 52.0 Å². The quantitative estimate of drug-likeness (QED) is 0.383. The predicted molar refractivity (Wildman–Crippen MR) is 133 cm³/mol. The zero-order valence-electron chi connectivity index (χ0n) is 19.5. The van der Waals surface area contributed by atoms with E-state index in [2.05, 4.69) is 10.3 Å². The smallest absolute Gasteiger partial charge is 0.410 e. The van der Waals surface area contributed by atoms with Crippen LogP contribution in [0.5, 0.6) is 5.88 Å². The third kappa shape index (κ3) is 5.50. The molecule has 0 bridgehead atoms. The Morgan fingerprint density at radius 1 is 1.24 bits per heavy atom. The van der Waals surface area contributed by atoms with Gasteiger partial charge in [0.2, 0.25) is 5.88 Å². The molecule has 2 aromatic heterocycles. The molecule has 1 N–H and O–H groups in total. The topological polar surface area (TPSA) is 89.5 Å². The molecule has 8 nitrogen and oxygen atoms in total. The normalized spacial score (nSPS) is 16.6. The first-order chi connectivity index (χ1) is 15.8. The molecule has 176 valence electrons. The van der Waals surface area contributed by atoms with Crippen LogP contribution in [0.1, 0.15) is 33.6 Å². The lowest BCUT2D eigenvalue weighted by molar-refractivity contribution is 0.0206. The number of aromatic nitrogens is 3. The van der Waals surface area contributed by atoms with Crippen LogP contribution in [0.2, 0.25) is 0 Å². The van der Waals surface area contributed by atoms with Gasteiger partial charge in [-0.1, -0.05) is 23.9 Å². The number of amides is 1. The number of hydrogen-bond donors (Lipinski definition) is 1. The summed E-state index contributed by atoms with van der Waals surface area (Å²) in [5.74, 6) is 1.15. The Morgan fingerprint density at radius 2 is 2.03 bits per heavy atom. The highest BCUT2D eigenvalue weighted by atomic mass is 32.2. The fraction of sp³-hybridized carbons (Fsp3) is 0.478. The first kappa shape index (κ1) is 23.6. The third-order valence-corrected chi connectivity index (χ3v) is 6.75. The number of hydrogen-bond acceptors (Lipinski definition) is 9. The van der Waals surface area contributed by atoms with Crippen LogP contribution in [0.3, 0.4) is 0 Å². The minimum atomic E-state index is -0.523. The van der Waals surface area contributed by atoms with Gasteiger partial charge in [-0.2, -0.15) is 4.98 Å². The van der Waals surface area contributed by atoms with Gasteiger partial charge >= 0.3 is 6.09 Å². The number of carbonyl (C=O) groups is 1. The van der Waals surface area contributed by atoms with E-state index >= 15 is 0 Å². The molecule has 0 spiro atoms. The molecule has 0 aliphatic carbocycles. The van der Waals surface area contributed by atoms with Gasteiger partial charge in [0.15, 0.2) is 5.16 Å². The van der Waals surface area contributed by atoms with Crippen LogP contribution >= 0.6 is 23.1 Å². The van der Waals surface area contributed by atoms with Crippen LogP contribution in [0.15, 0.2) is 29.4 Å². The van der Waals surface area contributed by atoms with Gasteiger partial charge in [0.25, 0.3) is 0 Å². The summed E-state index contributed by atoms with van der Waals surface area (Å²) >= 11 is 3.03.